The van der Waals surface area contributed by atoms with Crippen LogP contribution in [0.1, 0.15) is 36.5 Å². The Hall–Kier alpha value is -1.46. The minimum absolute atomic E-state index is 0. The van der Waals surface area contributed by atoms with Crippen molar-refractivity contribution in [3.63, 3.8) is 0 Å². The summed E-state index contributed by atoms with van der Waals surface area (Å²) in [4.78, 5) is 4.33. The summed E-state index contributed by atoms with van der Waals surface area (Å²) < 4.78 is 18.0. The molecular weight excluding hydrogens is 269 g/mol. The molecule has 2 aromatic rings. The first-order valence-electron chi connectivity index (χ1n) is 6.02. The SMILES string of the molecule is Cl.NC1(c2noc(Cc3ccc(F)cc3)n2)CCC1. The van der Waals surface area contributed by atoms with Crippen LogP contribution >= 0.6 is 12.4 Å². The van der Waals surface area contributed by atoms with Gasteiger partial charge in [-0.2, -0.15) is 4.98 Å². The van der Waals surface area contributed by atoms with E-state index in [0.717, 1.165) is 24.8 Å². The Morgan fingerprint density at radius 2 is 1.95 bits per heavy atom. The zero-order valence-electron chi connectivity index (χ0n) is 10.3. The molecule has 0 spiro atoms. The molecule has 1 saturated carbocycles. The van der Waals surface area contributed by atoms with E-state index in [1.54, 1.807) is 12.1 Å². The minimum Gasteiger partial charge on any atom is -0.339 e. The summed E-state index contributed by atoms with van der Waals surface area (Å²) in [7, 11) is 0. The summed E-state index contributed by atoms with van der Waals surface area (Å²) in [6.45, 7) is 0. The maximum atomic E-state index is 12.8. The molecule has 2 N–H and O–H groups in total. The maximum Gasteiger partial charge on any atom is 0.231 e. The Balaban J connectivity index is 0.00000133. The molecule has 1 aliphatic rings. The summed E-state index contributed by atoms with van der Waals surface area (Å²) in [5, 5.41) is 3.94. The number of aromatic nitrogens is 2. The average Bonchev–Trinajstić information content (AvgIpc) is 2.78. The van der Waals surface area contributed by atoms with Crippen molar-refractivity contribution in [3.8, 4) is 0 Å². The fraction of sp³-hybridized carbons (Fsp3) is 0.385. The summed E-state index contributed by atoms with van der Waals surface area (Å²) in [6, 6.07) is 6.26. The van der Waals surface area contributed by atoms with Crippen LogP contribution in [-0.2, 0) is 12.0 Å². The fourth-order valence-electron chi connectivity index (χ4n) is 2.09. The van der Waals surface area contributed by atoms with E-state index in [4.69, 9.17) is 10.3 Å². The molecule has 1 aromatic heterocycles. The second-order valence-electron chi connectivity index (χ2n) is 4.82. The highest BCUT2D eigenvalue weighted by Gasteiger charge is 2.38. The van der Waals surface area contributed by atoms with Crippen molar-refractivity contribution < 1.29 is 8.91 Å². The highest BCUT2D eigenvalue weighted by Crippen LogP contribution is 2.36. The predicted octanol–water partition coefficient (Wildman–Crippen LogP) is 2.56. The first-order valence-corrected chi connectivity index (χ1v) is 6.02. The number of hydrogen-bond donors (Lipinski definition) is 1. The average molecular weight is 284 g/mol. The first-order chi connectivity index (χ1) is 8.66. The normalized spacial score (nSPS) is 16.5. The molecule has 1 aromatic carbocycles. The molecule has 1 heterocycles. The largest absolute Gasteiger partial charge is 0.339 e. The third kappa shape index (κ3) is 2.77. The van der Waals surface area contributed by atoms with Crippen molar-refractivity contribution in [1.29, 1.82) is 0 Å². The minimum atomic E-state index is -0.398. The Morgan fingerprint density at radius 3 is 2.53 bits per heavy atom. The first kappa shape index (κ1) is 14.0. The van der Waals surface area contributed by atoms with Crippen LogP contribution in [0.5, 0.6) is 0 Å². The molecule has 0 radical (unpaired) electrons. The van der Waals surface area contributed by atoms with Gasteiger partial charge in [0.15, 0.2) is 5.82 Å². The zero-order valence-corrected chi connectivity index (χ0v) is 11.1. The van der Waals surface area contributed by atoms with Gasteiger partial charge in [-0.25, -0.2) is 4.39 Å². The molecule has 3 rings (SSSR count). The standard InChI is InChI=1S/C13H14FN3O.ClH/c14-10-4-2-9(3-5-10)8-11-16-12(17-18-11)13(15)6-1-7-13;/h2-5H,1,6-8,15H2;1H. The van der Waals surface area contributed by atoms with Crippen LogP contribution < -0.4 is 5.73 Å². The monoisotopic (exact) mass is 283 g/mol. The summed E-state index contributed by atoms with van der Waals surface area (Å²) in [5.74, 6) is 0.861. The van der Waals surface area contributed by atoms with Gasteiger partial charge in [-0.05, 0) is 37.0 Å². The van der Waals surface area contributed by atoms with Crippen molar-refractivity contribution in [2.45, 2.75) is 31.2 Å². The van der Waals surface area contributed by atoms with E-state index in [-0.39, 0.29) is 18.2 Å². The lowest BCUT2D eigenvalue weighted by Crippen LogP contribution is -2.44. The number of nitrogens with two attached hydrogens (primary N) is 1. The molecule has 0 atom stereocenters. The van der Waals surface area contributed by atoms with Crippen LogP contribution in [0.3, 0.4) is 0 Å². The summed E-state index contributed by atoms with van der Waals surface area (Å²) >= 11 is 0. The molecule has 19 heavy (non-hydrogen) atoms. The Morgan fingerprint density at radius 1 is 1.26 bits per heavy atom. The van der Waals surface area contributed by atoms with E-state index in [1.165, 1.54) is 12.1 Å². The molecule has 0 amide bonds. The second-order valence-corrected chi connectivity index (χ2v) is 4.82. The number of rotatable bonds is 3. The number of benzene rings is 1. The predicted molar refractivity (Wildman–Crippen MR) is 70.5 cm³/mol. The van der Waals surface area contributed by atoms with Crippen LogP contribution in [0.25, 0.3) is 0 Å². The molecule has 102 valence electrons. The number of hydrogen-bond acceptors (Lipinski definition) is 4. The van der Waals surface area contributed by atoms with E-state index in [9.17, 15) is 4.39 Å². The van der Waals surface area contributed by atoms with Crippen molar-refractivity contribution in [3.05, 3.63) is 47.4 Å². The van der Waals surface area contributed by atoms with Gasteiger partial charge in [0.1, 0.15) is 5.82 Å². The van der Waals surface area contributed by atoms with Gasteiger partial charge in [-0.3, -0.25) is 0 Å². The van der Waals surface area contributed by atoms with E-state index in [2.05, 4.69) is 10.1 Å². The molecule has 0 aliphatic heterocycles. The second kappa shape index (κ2) is 5.27. The Labute approximate surface area is 116 Å². The van der Waals surface area contributed by atoms with Gasteiger partial charge in [0.2, 0.25) is 5.89 Å². The van der Waals surface area contributed by atoms with Gasteiger partial charge in [-0.15, -0.1) is 12.4 Å². The quantitative estimate of drug-likeness (QED) is 0.940. The van der Waals surface area contributed by atoms with E-state index >= 15 is 0 Å². The molecule has 0 unspecified atom stereocenters. The molecule has 1 aliphatic carbocycles. The van der Waals surface area contributed by atoms with Gasteiger partial charge in [-0.1, -0.05) is 17.3 Å². The van der Waals surface area contributed by atoms with Crippen LogP contribution in [0, 0.1) is 5.82 Å². The van der Waals surface area contributed by atoms with Crippen molar-refractivity contribution in [2.24, 2.45) is 5.73 Å². The summed E-state index contributed by atoms with van der Waals surface area (Å²) in [6.07, 6.45) is 3.42. The van der Waals surface area contributed by atoms with Crippen LogP contribution in [0.4, 0.5) is 4.39 Å². The smallest absolute Gasteiger partial charge is 0.231 e. The Kier molecular flexibility index (Phi) is 3.87. The van der Waals surface area contributed by atoms with Crippen molar-refractivity contribution >= 4 is 12.4 Å². The third-order valence-corrected chi connectivity index (χ3v) is 3.43. The van der Waals surface area contributed by atoms with Gasteiger partial charge in [0.05, 0.1) is 12.0 Å². The van der Waals surface area contributed by atoms with Gasteiger partial charge in [0, 0.05) is 0 Å². The highest BCUT2D eigenvalue weighted by atomic mass is 35.5. The third-order valence-electron chi connectivity index (χ3n) is 3.43. The van der Waals surface area contributed by atoms with Crippen molar-refractivity contribution in [1.82, 2.24) is 10.1 Å². The molecule has 4 nitrogen and oxygen atoms in total. The van der Waals surface area contributed by atoms with E-state index in [0.29, 0.717) is 18.1 Å². The molecule has 0 saturated heterocycles. The Bertz CT molecular complexity index is 551. The van der Waals surface area contributed by atoms with Gasteiger partial charge >= 0.3 is 0 Å². The van der Waals surface area contributed by atoms with Gasteiger partial charge < -0.3 is 10.3 Å². The topological polar surface area (TPSA) is 64.9 Å². The van der Waals surface area contributed by atoms with E-state index in [1.807, 2.05) is 0 Å². The molecule has 0 bridgehead atoms. The lowest BCUT2D eigenvalue weighted by atomic mass is 9.77. The van der Waals surface area contributed by atoms with Crippen molar-refractivity contribution in [2.75, 3.05) is 0 Å². The highest BCUT2D eigenvalue weighted by molar-refractivity contribution is 5.85. The number of halogens is 2. The zero-order chi connectivity index (χ0) is 12.6. The number of nitrogens with zero attached hydrogens (tertiary/aromatic N) is 2. The van der Waals surface area contributed by atoms with Crippen LogP contribution in [0.15, 0.2) is 28.8 Å². The lowest BCUT2D eigenvalue weighted by molar-refractivity contribution is 0.229. The van der Waals surface area contributed by atoms with Crippen LogP contribution in [-0.4, -0.2) is 10.1 Å². The molecule has 6 heteroatoms. The van der Waals surface area contributed by atoms with E-state index < -0.39 is 5.54 Å². The molecular formula is C13H15ClFN3O. The lowest BCUT2D eigenvalue weighted by Gasteiger charge is -2.34. The van der Waals surface area contributed by atoms with Gasteiger partial charge in [0.25, 0.3) is 0 Å². The van der Waals surface area contributed by atoms with Crippen LogP contribution in [0.2, 0.25) is 0 Å². The maximum absolute atomic E-state index is 12.8. The fourth-order valence-corrected chi connectivity index (χ4v) is 2.09. The summed E-state index contributed by atoms with van der Waals surface area (Å²) in [5.41, 5.74) is 6.65. The molecule has 1 fully saturated rings.